The lowest BCUT2D eigenvalue weighted by molar-refractivity contribution is -0.119. The fourth-order valence-electron chi connectivity index (χ4n) is 2.29. The maximum Gasteiger partial charge on any atom is 0.231 e. The molecule has 0 aliphatic carbocycles. The molecule has 1 aromatic carbocycles. The maximum atomic E-state index is 13.3. The molecule has 1 saturated heterocycles. The molecular weight excluding hydrogens is 233 g/mol. The maximum absolute atomic E-state index is 13.3. The first kappa shape index (κ1) is 12.8. The topological polar surface area (TPSA) is 49.6 Å². The van der Waals surface area contributed by atoms with E-state index in [1.54, 1.807) is 12.1 Å². The standard InChI is InChI=1S/C13H18FN3O/c1-10-2-3-11(14)8-12(10)17-6-4-16(5-7-17)9-13(15)18/h2-3,8H,4-7,9H2,1H3,(H2,15,18). The Hall–Kier alpha value is -1.62. The van der Waals surface area contributed by atoms with Crippen LogP contribution < -0.4 is 10.6 Å². The summed E-state index contributed by atoms with van der Waals surface area (Å²) in [5.74, 6) is -0.513. The molecule has 1 aliphatic heterocycles. The first-order valence-corrected chi connectivity index (χ1v) is 6.08. The number of nitrogens with zero attached hydrogens (tertiary/aromatic N) is 2. The average Bonchev–Trinajstić information content (AvgIpc) is 2.33. The quantitative estimate of drug-likeness (QED) is 0.862. The zero-order valence-corrected chi connectivity index (χ0v) is 10.5. The Morgan fingerprint density at radius 3 is 2.61 bits per heavy atom. The highest BCUT2D eigenvalue weighted by molar-refractivity contribution is 5.76. The highest BCUT2D eigenvalue weighted by Crippen LogP contribution is 2.22. The van der Waals surface area contributed by atoms with Gasteiger partial charge in [-0.15, -0.1) is 0 Å². The second-order valence-electron chi connectivity index (χ2n) is 4.66. The number of halogens is 1. The van der Waals surface area contributed by atoms with Crippen molar-refractivity contribution in [1.82, 2.24) is 4.90 Å². The fourth-order valence-corrected chi connectivity index (χ4v) is 2.29. The minimum absolute atomic E-state index is 0.213. The number of benzene rings is 1. The number of anilines is 1. The van der Waals surface area contributed by atoms with Gasteiger partial charge in [0, 0.05) is 31.9 Å². The lowest BCUT2D eigenvalue weighted by Gasteiger charge is -2.36. The van der Waals surface area contributed by atoms with Gasteiger partial charge in [-0.1, -0.05) is 6.07 Å². The van der Waals surface area contributed by atoms with E-state index in [2.05, 4.69) is 4.90 Å². The predicted octanol–water partition coefficient (Wildman–Crippen LogP) is 0.741. The van der Waals surface area contributed by atoms with E-state index >= 15 is 0 Å². The molecule has 2 N–H and O–H groups in total. The third-order valence-corrected chi connectivity index (χ3v) is 3.26. The van der Waals surface area contributed by atoms with Crippen LogP contribution in [0.25, 0.3) is 0 Å². The fraction of sp³-hybridized carbons (Fsp3) is 0.462. The van der Waals surface area contributed by atoms with Crippen molar-refractivity contribution in [2.24, 2.45) is 5.73 Å². The first-order valence-electron chi connectivity index (χ1n) is 6.08. The summed E-state index contributed by atoms with van der Waals surface area (Å²) < 4.78 is 13.3. The van der Waals surface area contributed by atoms with E-state index in [0.29, 0.717) is 6.54 Å². The molecule has 18 heavy (non-hydrogen) atoms. The van der Waals surface area contributed by atoms with Crippen molar-refractivity contribution in [3.63, 3.8) is 0 Å². The van der Waals surface area contributed by atoms with Gasteiger partial charge in [-0.05, 0) is 24.6 Å². The van der Waals surface area contributed by atoms with Gasteiger partial charge in [0.1, 0.15) is 5.82 Å². The van der Waals surface area contributed by atoms with E-state index in [-0.39, 0.29) is 11.7 Å². The molecule has 5 heteroatoms. The lowest BCUT2D eigenvalue weighted by atomic mass is 10.1. The van der Waals surface area contributed by atoms with Gasteiger partial charge in [0.05, 0.1) is 6.54 Å². The van der Waals surface area contributed by atoms with Crippen LogP contribution in [0.3, 0.4) is 0 Å². The molecule has 1 amide bonds. The SMILES string of the molecule is Cc1ccc(F)cc1N1CCN(CC(N)=O)CC1. The number of hydrogen-bond acceptors (Lipinski definition) is 3. The molecule has 0 bridgehead atoms. The molecule has 1 heterocycles. The number of rotatable bonds is 3. The molecule has 0 atom stereocenters. The molecule has 0 aromatic heterocycles. The number of carbonyl (C=O) groups excluding carboxylic acids is 1. The lowest BCUT2D eigenvalue weighted by Crippen LogP contribution is -2.49. The first-order chi connectivity index (χ1) is 8.56. The number of piperazine rings is 1. The molecular formula is C13H18FN3O. The Morgan fingerprint density at radius 1 is 1.33 bits per heavy atom. The number of carbonyl (C=O) groups is 1. The minimum atomic E-state index is -0.301. The van der Waals surface area contributed by atoms with E-state index < -0.39 is 0 Å². The Balaban J connectivity index is 2.01. The van der Waals surface area contributed by atoms with Crippen LogP contribution in [0.5, 0.6) is 0 Å². The minimum Gasteiger partial charge on any atom is -0.369 e. The summed E-state index contributed by atoms with van der Waals surface area (Å²) in [6.45, 7) is 5.41. The summed E-state index contributed by atoms with van der Waals surface area (Å²) in [6.07, 6.45) is 0. The molecule has 1 aromatic rings. The third-order valence-electron chi connectivity index (χ3n) is 3.26. The monoisotopic (exact) mass is 251 g/mol. The van der Waals surface area contributed by atoms with Gasteiger partial charge in [0.2, 0.25) is 5.91 Å². The van der Waals surface area contributed by atoms with E-state index in [4.69, 9.17) is 5.73 Å². The molecule has 1 fully saturated rings. The van der Waals surface area contributed by atoms with Crippen LogP contribution in [-0.2, 0) is 4.79 Å². The van der Waals surface area contributed by atoms with Crippen molar-refractivity contribution >= 4 is 11.6 Å². The number of hydrogen-bond donors (Lipinski definition) is 1. The van der Waals surface area contributed by atoms with Gasteiger partial charge >= 0.3 is 0 Å². The second-order valence-corrected chi connectivity index (χ2v) is 4.66. The van der Waals surface area contributed by atoms with E-state index in [9.17, 15) is 9.18 Å². The smallest absolute Gasteiger partial charge is 0.231 e. The van der Waals surface area contributed by atoms with Crippen molar-refractivity contribution in [1.29, 1.82) is 0 Å². The molecule has 2 rings (SSSR count). The van der Waals surface area contributed by atoms with Gasteiger partial charge in [-0.25, -0.2) is 4.39 Å². The van der Waals surface area contributed by atoms with Crippen LogP contribution in [0.4, 0.5) is 10.1 Å². The predicted molar refractivity (Wildman–Crippen MR) is 69.0 cm³/mol. The molecule has 1 aliphatic rings. The largest absolute Gasteiger partial charge is 0.369 e. The molecule has 0 radical (unpaired) electrons. The zero-order chi connectivity index (χ0) is 13.1. The molecule has 0 spiro atoms. The number of aryl methyl sites for hydroxylation is 1. The van der Waals surface area contributed by atoms with Crippen LogP contribution in [0.15, 0.2) is 18.2 Å². The van der Waals surface area contributed by atoms with Gasteiger partial charge in [-0.3, -0.25) is 9.69 Å². The van der Waals surface area contributed by atoms with Gasteiger partial charge in [-0.2, -0.15) is 0 Å². The Morgan fingerprint density at radius 2 is 2.00 bits per heavy atom. The summed E-state index contributed by atoms with van der Waals surface area (Å²) in [5.41, 5.74) is 7.18. The van der Waals surface area contributed by atoms with Gasteiger partial charge in [0.15, 0.2) is 0 Å². The van der Waals surface area contributed by atoms with Crippen LogP contribution in [-0.4, -0.2) is 43.5 Å². The summed E-state index contributed by atoms with van der Waals surface area (Å²) in [7, 11) is 0. The third kappa shape index (κ3) is 2.98. The van der Waals surface area contributed by atoms with E-state index in [1.165, 1.54) is 6.07 Å². The summed E-state index contributed by atoms with van der Waals surface area (Å²) in [4.78, 5) is 15.0. The van der Waals surface area contributed by atoms with Crippen molar-refractivity contribution < 1.29 is 9.18 Å². The van der Waals surface area contributed by atoms with Crippen LogP contribution >= 0.6 is 0 Å². The normalized spacial score (nSPS) is 16.9. The Bertz CT molecular complexity index is 442. The zero-order valence-electron chi connectivity index (χ0n) is 10.5. The highest BCUT2D eigenvalue weighted by atomic mass is 19.1. The molecule has 98 valence electrons. The van der Waals surface area contributed by atoms with E-state index in [0.717, 1.165) is 37.4 Å². The number of amides is 1. The van der Waals surface area contributed by atoms with Crippen molar-refractivity contribution in [2.45, 2.75) is 6.92 Å². The molecule has 4 nitrogen and oxygen atoms in total. The summed E-state index contributed by atoms with van der Waals surface area (Å²) in [6, 6.07) is 4.84. The molecule has 0 unspecified atom stereocenters. The van der Waals surface area contributed by atoms with Crippen LogP contribution in [0, 0.1) is 12.7 Å². The molecule has 0 saturated carbocycles. The van der Waals surface area contributed by atoms with Crippen LogP contribution in [0.2, 0.25) is 0 Å². The van der Waals surface area contributed by atoms with Gasteiger partial charge < -0.3 is 10.6 Å². The number of nitrogens with two attached hydrogens (primary N) is 1. The van der Waals surface area contributed by atoms with Crippen LogP contribution in [0.1, 0.15) is 5.56 Å². The number of primary amides is 1. The average molecular weight is 251 g/mol. The van der Waals surface area contributed by atoms with Crippen molar-refractivity contribution in [3.05, 3.63) is 29.6 Å². The summed E-state index contributed by atoms with van der Waals surface area (Å²) >= 11 is 0. The van der Waals surface area contributed by atoms with Crippen molar-refractivity contribution in [2.75, 3.05) is 37.6 Å². The van der Waals surface area contributed by atoms with Gasteiger partial charge in [0.25, 0.3) is 0 Å². The summed E-state index contributed by atoms with van der Waals surface area (Å²) in [5, 5.41) is 0. The van der Waals surface area contributed by atoms with Crippen molar-refractivity contribution in [3.8, 4) is 0 Å². The Labute approximate surface area is 106 Å². The Kier molecular flexibility index (Phi) is 3.81. The highest BCUT2D eigenvalue weighted by Gasteiger charge is 2.19. The van der Waals surface area contributed by atoms with E-state index in [1.807, 2.05) is 11.8 Å². The second kappa shape index (κ2) is 5.35.